The van der Waals surface area contributed by atoms with Crippen LogP contribution in [-0.4, -0.2) is 39.0 Å². The molecule has 1 aliphatic rings. The van der Waals surface area contributed by atoms with E-state index in [1.165, 1.54) is 36.2 Å². The molecule has 1 aliphatic heterocycles. The predicted molar refractivity (Wildman–Crippen MR) is 106 cm³/mol. The Bertz CT molecular complexity index is 804. The van der Waals surface area contributed by atoms with Gasteiger partial charge in [-0.3, -0.25) is 4.90 Å². The van der Waals surface area contributed by atoms with E-state index < -0.39 is 10.0 Å². The maximum absolute atomic E-state index is 13.0. The number of nitrogens with zero attached hydrogens (tertiary/aromatic N) is 1. The molecule has 0 aromatic heterocycles. The molecule has 0 aliphatic carbocycles. The second-order valence-electron chi connectivity index (χ2n) is 7.17. The molecule has 0 bridgehead atoms. The summed E-state index contributed by atoms with van der Waals surface area (Å²) in [5, 5.41) is 0. The zero-order valence-electron chi connectivity index (χ0n) is 15.5. The van der Waals surface area contributed by atoms with E-state index in [9.17, 15) is 12.8 Å². The van der Waals surface area contributed by atoms with Gasteiger partial charge in [-0.2, -0.15) is 0 Å². The number of rotatable bonds is 8. The Labute approximate surface area is 161 Å². The molecule has 4 nitrogen and oxygen atoms in total. The van der Waals surface area contributed by atoms with E-state index in [1.807, 2.05) is 18.2 Å². The molecule has 27 heavy (non-hydrogen) atoms. The number of sulfonamides is 1. The first-order chi connectivity index (χ1) is 13.0. The highest BCUT2D eigenvalue weighted by molar-refractivity contribution is 7.88. The molecule has 1 heterocycles. The van der Waals surface area contributed by atoms with Crippen LogP contribution in [0.4, 0.5) is 4.39 Å². The molecule has 1 atom stereocenters. The van der Waals surface area contributed by atoms with Crippen molar-refractivity contribution in [1.82, 2.24) is 9.62 Å². The monoisotopic (exact) mass is 390 g/mol. The van der Waals surface area contributed by atoms with Crippen molar-refractivity contribution in [2.75, 3.05) is 19.6 Å². The van der Waals surface area contributed by atoms with Gasteiger partial charge in [0.15, 0.2) is 0 Å². The summed E-state index contributed by atoms with van der Waals surface area (Å²) in [5.74, 6) is -0.497. The summed E-state index contributed by atoms with van der Waals surface area (Å²) in [7, 11) is -3.47. The summed E-state index contributed by atoms with van der Waals surface area (Å²) in [6.45, 7) is 2.41. The largest absolute Gasteiger partial charge is 0.299 e. The van der Waals surface area contributed by atoms with Crippen LogP contribution in [0.2, 0.25) is 0 Å². The standard InChI is InChI=1S/C21H27FN2O2S/c22-20-11-9-19(10-12-20)17-27(25,26)23-16-21(24-13-5-2-6-14-24)15-18-7-3-1-4-8-18/h1,3-4,7-12,21,23H,2,5-6,13-17H2. The Kier molecular flexibility index (Phi) is 6.99. The van der Waals surface area contributed by atoms with Crippen molar-refractivity contribution in [2.45, 2.75) is 37.5 Å². The van der Waals surface area contributed by atoms with Crippen molar-refractivity contribution >= 4 is 10.0 Å². The molecule has 0 spiro atoms. The van der Waals surface area contributed by atoms with Crippen molar-refractivity contribution in [3.05, 3.63) is 71.5 Å². The number of nitrogens with one attached hydrogen (secondary N) is 1. The van der Waals surface area contributed by atoms with Gasteiger partial charge in [-0.1, -0.05) is 48.9 Å². The minimum absolute atomic E-state index is 0.134. The zero-order valence-corrected chi connectivity index (χ0v) is 16.3. The molecule has 2 aromatic carbocycles. The van der Waals surface area contributed by atoms with Crippen LogP contribution in [0.25, 0.3) is 0 Å². The smallest absolute Gasteiger partial charge is 0.215 e. The number of likely N-dealkylation sites (tertiary alicyclic amines) is 1. The van der Waals surface area contributed by atoms with Crippen LogP contribution in [-0.2, 0) is 22.2 Å². The molecule has 3 rings (SSSR count). The Morgan fingerprint density at radius 3 is 2.26 bits per heavy atom. The quantitative estimate of drug-likeness (QED) is 0.752. The Balaban J connectivity index is 1.64. The first-order valence-corrected chi connectivity index (χ1v) is 11.2. The van der Waals surface area contributed by atoms with Crippen molar-refractivity contribution in [1.29, 1.82) is 0 Å². The van der Waals surface area contributed by atoms with E-state index in [4.69, 9.17) is 0 Å². The van der Waals surface area contributed by atoms with Crippen molar-refractivity contribution < 1.29 is 12.8 Å². The molecule has 6 heteroatoms. The van der Waals surface area contributed by atoms with Crippen LogP contribution in [0.1, 0.15) is 30.4 Å². The van der Waals surface area contributed by atoms with E-state index in [0.717, 1.165) is 32.4 Å². The number of halogens is 1. The fraction of sp³-hybridized carbons (Fsp3) is 0.429. The molecule has 1 saturated heterocycles. The molecule has 1 fully saturated rings. The second kappa shape index (κ2) is 9.44. The lowest BCUT2D eigenvalue weighted by Crippen LogP contribution is -2.47. The van der Waals surface area contributed by atoms with Crippen molar-refractivity contribution in [3.63, 3.8) is 0 Å². The van der Waals surface area contributed by atoms with Crippen LogP contribution in [0.3, 0.4) is 0 Å². The third-order valence-corrected chi connectivity index (χ3v) is 6.35. The normalized spacial score (nSPS) is 16.9. The van der Waals surface area contributed by atoms with Crippen molar-refractivity contribution in [3.8, 4) is 0 Å². The van der Waals surface area contributed by atoms with Crippen LogP contribution in [0, 0.1) is 5.82 Å². The number of hydrogen-bond acceptors (Lipinski definition) is 3. The van der Waals surface area contributed by atoms with Gasteiger partial charge in [0.05, 0.1) is 5.75 Å². The lowest BCUT2D eigenvalue weighted by molar-refractivity contribution is 0.163. The number of hydrogen-bond donors (Lipinski definition) is 1. The summed E-state index contributed by atoms with van der Waals surface area (Å²) >= 11 is 0. The summed E-state index contributed by atoms with van der Waals surface area (Å²) < 4.78 is 40.8. The lowest BCUT2D eigenvalue weighted by Gasteiger charge is -2.34. The second-order valence-corrected chi connectivity index (χ2v) is 8.98. The zero-order chi connectivity index (χ0) is 19.1. The fourth-order valence-electron chi connectivity index (χ4n) is 3.57. The van der Waals surface area contributed by atoms with Crippen LogP contribution >= 0.6 is 0 Å². The van der Waals surface area contributed by atoms with E-state index >= 15 is 0 Å². The first-order valence-electron chi connectivity index (χ1n) is 9.51. The van der Waals surface area contributed by atoms with Gasteiger partial charge in [0.25, 0.3) is 0 Å². The van der Waals surface area contributed by atoms with Crippen LogP contribution in [0.15, 0.2) is 54.6 Å². The van der Waals surface area contributed by atoms with Crippen molar-refractivity contribution in [2.24, 2.45) is 0 Å². The summed E-state index contributed by atoms with van der Waals surface area (Å²) in [6, 6.07) is 15.9. The highest BCUT2D eigenvalue weighted by Gasteiger charge is 2.23. The fourth-order valence-corrected chi connectivity index (χ4v) is 4.75. The maximum Gasteiger partial charge on any atom is 0.215 e. The van der Waals surface area contributed by atoms with Gasteiger partial charge >= 0.3 is 0 Å². The minimum atomic E-state index is -3.47. The minimum Gasteiger partial charge on any atom is -0.299 e. The summed E-state index contributed by atoms with van der Waals surface area (Å²) in [5.41, 5.74) is 1.80. The number of piperidine rings is 1. The third kappa shape index (κ3) is 6.41. The average Bonchev–Trinajstić information content (AvgIpc) is 2.68. The Hall–Kier alpha value is -1.76. The summed E-state index contributed by atoms with van der Waals surface area (Å²) in [6.07, 6.45) is 4.38. The van der Waals surface area contributed by atoms with Gasteiger partial charge in [0.2, 0.25) is 10.0 Å². The van der Waals surface area contributed by atoms with Crippen LogP contribution < -0.4 is 4.72 Å². The molecule has 0 saturated carbocycles. The molecule has 146 valence electrons. The summed E-state index contributed by atoms with van der Waals surface area (Å²) in [4.78, 5) is 2.40. The van der Waals surface area contributed by atoms with Crippen LogP contribution in [0.5, 0.6) is 0 Å². The third-order valence-electron chi connectivity index (χ3n) is 5.03. The van der Waals surface area contributed by atoms with Gasteiger partial charge in [-0.05, 0) is 55.6 Å². The SMILES string of the molecule is O=S(=O)(Cc1ccc(F)cc1)NCC(Cc1ccccc1)N1CCCCC1. The average molecular weight is 391 g/mol. The van der Waals surface area contributed by atoms with E-state index in [2.05, 4.69) is 21.8 Å². The molecule has 2 aromatic rings. The predicted octanol–water partition coefficient (Wildman–Crippen LogP) is 3.34. The van der Waals surface area contributed by atoms with Gasteiger partial charge in [-0.25, -0.2) is 17.5 Å². The Morgan fingerprint density at radius 2 is 1.59 bits per heavy atom. The van der Waals surface area contributed by atoms with Gasteiger partial charge < -0.3 is 0 Å². The molecule has 1 unspecified atom stereocenters. The molecule has 0 amide bonds. The Morgan fingerprint density at radius 1 is 0.926 bits per heavy atom. The van der Waals surface area contributed by atoms with E-state index in [0.29, 0.717) is 12.1 Å². The van der Waals surface area contributed by atoms with Gasteiger partial charge in [0.1, 0.15) is 5.82 Å². The van der Waals surface area contributed by atoms with Gasteiger partial charge in [-0.15, -0.1) is 0 Å². The molecular formula is C21H27FN2O2S. The molecule has 1 N–H and O–H groups in total. The molecule has 0 radical (unpaired) electrons. The first kappa shape index (κ1) is 20.0. The van der Waals surface area contributed by atoms with E-state index in [-0.39, 0.29) is 17.6 Å². The molecular weight excluding hydrogens is 363 g/mol. The van der Waals surface area contributed by atoms with E-state index in [1.54, 1.807) is 0 Å². The number of benzene rings is 2. The lowest BCUT2D eigenvalue weighted by atomic mass is 10.0. The highest BCUT2D eigenvalue weighted by atomic mass is 32.2. The van der Waals surface area contributed by atoms with Gasteiger partial charge in [0, 0.05) is 12.6 Å². The maximum atomic E-state index is 13.0. The topological polar surface area (TPSA) is 49.4 Å². The highest BCUT2D eigenvalue weighted by Crippen LogP contribution is 2.16.